The van der Waals surface area contributed by atoms with Gasteiger partial charge < -0.3 is 4.74 Å². The molecule has 0 atom stereocenters. The Bertz CT molecular complexity index is 3390. The van der Waals surface area contributed by atoms with E-state index >= 15 is 0 Å². The van der Waals surface area contributed by atoms with Gasteiger partial charge in [-0.15, -0.1) is 23.8 Å². The zero-order valence-electron chi connectivity index (χ0n) is 38.7. The van der Waals surface area contributed by atoms with Crippen LogP contribution in [0.3, 0.4) is 0 Å². The predicted octanol–water partition coefficient (Wildman–Crippen LogP) is 16.1. The van der Waals surface area contributed by atoms with Crippen molar-refractivity contribution in [2.45, 2.75) is 40.5 Å². The molecular formula is C61H49N3OPt. The van der Waals surface area contributed by atoms with Gasteiger partial charge in [-0.25, -0.2) is 4.98 Å². The van der Waals surface area contributed by atoms with E-state index < -0.39 is 5.89 Å². The van der Waals surface area contributed by atoms with Gasteiger partial charge in [0, 0.05) is 18.8 Å². The number of nitrogens with zero attached hydrogens (tertiary/aromatic N) is 3. The molecule has 0 amide bonds. The first kappa shape index (κ1) is 42.8. The van der Waals surface area contributed by atoms with Gasteiger partial charge in [-0.1, -0.05) is 176 Å². The third-order valence-electron chi connectivity index (χ3n) is 12.3. The number of para-hydroxylation sites is 1. The maximum Gasteiger partial charge on any atom is 2.00 e. The molecule has 0 aliphatic rings. The molecule has 8 aromatic carbocycles. The van der Waals surface area contributed by atoms with Gasteiger partial charge in [-0.05, 0) is 107 Å². The molecule has 10 rings (SSSR count). The molecule has 0 aliphatic heterocycles. The van der Waals surface area contributed by atoms with Crippen LogP contribution >= 0.6 is 0 Å². The third kappa shape index (κ3) is 8.46. The molecule has 0 saturated heterocycles. The van der Waals surface area contributed by atoms with E-state index in [1.807, 2.05) is 38.2 Å². The quantitative estimate of drug-likeness (QED) is 0.128. The van der Waals surface area contributed by atoms with Crippen LogP contribution in [-0.4, -0.2) is 14.5 Å². The van der Waals surface area contributed by atoms with E-state index in [2.05, 4.69) is 202 Å². The molecule has 0 radical (unpaired) electrons. The minimum absolute atomic E-state index is 0. The van der Waals surface area contributed by atoms with E-state index in [9.17, 15) is 1.37 Å². The normalized spacial score (nSPS) is 11.6. The van der Waals surface area contributed by atoms with Gasteiger partial charge in [-0.2, -0.15) is 7.11 Å². The molecule has 0 spiro atoms. The summed E-state index contributed by atoms with van der Waals surface area (Å²) < 4.78 is 17.7. The molecule has 324 valence electrons. The Hall–Kier alpha value is -7.13. The standard InChI is InChI=1S/C61H49N3O.Pt/c1-39(2)52-37-54(46-21-14-9-15-22-46)58(38-53(52)45-19-12-8-13-20-45)64-57-24-16-23-51(59(57)63-61(64)55-32-41(4)31-42(5)60(55)65-6)49-33-48(43-17-10-7-11-18-43)34-50(35-49)56-36-47(29-30-62-56)44-27-25-40(3)26-28-44;/h7-34,36-39H,6H2,1-5H3;/q-2;+2/i39D;. The average Bonchev–Trinajstić information content (AvgIpc) is 3.74. The molecule has 2 aromatic heterocycles. The molecule has 0 aliphatic carbocycles. The number of ether oxygens (including phenoxy) is 1. The summed E-state index contributed by atoms with van der Waals surface area (Å²) in [7, 11) is 3.95. The molecule has 2 heterocycles. The van der Waals surface area contributed by atoms with Crippen molar-refractivity contribution in [3.05, 3.63) is 224 Å². The van der Waals surface area contributed by atoms with E-state index in [0.717, 1.165) is 106 Å². The minimum atomic E-state index is -0.908. The molecule has 0 bridgehead atoms. The zero-order valence-corrected chi connectivity index (χ0v) is 39.9. The van der Waals surface area contributed by atoms with Crippen LogP contribution in [0.5, 0.6) is 5.75 Å². The Balaban J connectivity index is 0.00000562. The Labute approximate surface area is 404 Å². The van der Waals surface area contributed by atoms with Crippen molar-refractivity contribution in [2.24, 2.45) is 0 Å². The number of benzene rings is 8. The Kier molecular flexibility index (Phi) is 12.2. The average molecular weight is 1040 g/mol. The SMILES string of the molecule is [2H]C(C)(C)c1cc(-c2ccccc2)c(-n2c(-c3cc(C)cc(C)c3O[CH2-])nc3c(-c4[c-]c(-c5cc(-c6ccc(C)cc6)ccn5)cc(-c5ccccc5)c4)cccc32)cc1-c1ccccc1.[Pt+2]. The summed E-state index contributed by atoms with van der Waals surface area (Å²) in [6.45, 7) is 10.2. The second-order valence-corrected chi connectivity index (χ2v) is 17.1. The summed E-state index contributed by atoms with van der Waals surface area (Å²) in [6.07, 6.45) is 1.88. The topological polar surface area (TPSA) is 39.9 Å². The van der Waals surface area contributed by atoms with Crippen molar-refractivity contribution in [1.29, 1.82) is 0 Å². The van der Waals surface area contributed by atoms with Crippen LogP contribution in [0.2, 0.25) is 0 Å². The molecule has 4 nitrogen and oxygen atoms in total. The number of fused-ring (bicyclic) bond motifs is 1. The van der Waals surface area contributed by atoms with Gasteiger partial charge in [0.2, 0.25) is 0 Å². The van der Waals surface area contributed by atoms with Crippen LogP contribution in [0.15, 0.2) is 188 Å². The Morgan fingerprint density at radius 1 is 0.561 bits per heavy atom. The Morgan fingerprint density at radius 2 is 1.20 bits per heavy atom. The summed E-state index contributed by atoms with van der Waals surface area (Å²) in [5.41, 5.74) is 19.6. The number of aryl methyl sites for hydroxylation is 3. The number of rotatable bonds is 10. The summed E-state index contributed by atoms with van der Waals surface area (Å²) in [5, 5.41) is 0. The summed E-state index contributed by atoms with van der Waals surface area (Å²) in [4.78, 5) is 10.6. The molecule has 66 heavy (non-hydrogen) atoms. The maximum absolute atomic E-state index is 9.47. The first-order valence-corrected chi connectivity index (χ1v) is 22.1. The van der Waals surface area contributed by atoms with Gasteiger partial charge in [0.05, 0.1) is 28.0 Å². The molecule has 5 heteroatoms. The van der Waals surface area contributed by atoms with Crippen LogP contribution in [0, 0.1) is 33.9 Å². The summed E-state index contributed by atoms with van der Waals surface area (Å²) in [6, 6.07) is 67.5. The third-order valence-corrected chi connectivity index (χ3v) is 12.3. The fraction of sp³-hybridized carbons (Fsp3) is 0.0984. The van der Waals surface area contributed by atoms with E-state index in [0.29, 0.717) is 11.6 Å². The maximum atomic E-state index is 9.47. The first-order chi connectivity index (χ1) is 32.0. The van der Waals surface area contributed by atoms with Crippen LogP contribution in [0.4, 0.5) is 0 Å². The molecule has 10 aromatic rings. The van der Waals surface area contributed by atoms with Crippen molar-refractivity contribution in [2.75, 3.05) is 0 Å². The smallest absolute Gasteiger partial charge is 0.665 e. The molecule has 0 saturated carbocycles. The predicted molar refractivity (Wildman–Crippen MR) is 270 cm³/mol. The fourth-order valence-electron chi connectivity index (χ4n) is 9.10. The fourth-order valence-corrected chi connectivity index (χ4v) is 9.10. The zero-order chi connectivity index (χ0) is 45.5. The van der Waals surface area contributed by atoms with Gasteiger partial charge in [0.1, 0.15) is 5.82 Å². The second-order valence-electron chi connectivity index (χ2n) is 17.1. The van der Waals surface area contributed by atoms with Crippen molar-refractivity contribution >= 4 is 11.0 Å². The number of imidazole rings is 1. The molecule has 0 unspecified atom stereocenters. The molecule has 0 fully saturated rings. The number of pyridine rings is 1. The number of aromatic nitrogens is 3. The molecular weight excluding hydrogens is 986 g/mol. The van der Waals surface area contributed by atoms with E-state index in [4.69, 9.17) is 14.7 Å². The van der Waals surface area contributed by atoms with Crippen molar-refractivity contribution in [3.63, 3.8) is 0 Å². The number of hydrogen-bond acceptors (Lipinski definition) is 3. The molecule has 0 N–H and O–H groups in total. The van der Waals surface area contributed by atoms with Crippen molar-refractivity contribution < 1.29 is 27.2 Å². The van der Waals surface area contributed by atoms with Gasteiger partial charge in [0.15, 0.2) is 0 Å². The largest absolute Gasteiger partial charge is 2.00 e. The van der Waals surface area contributed by atoms with Gasteiger partial charge in [0.25, 0.3) is 0 Å². The van der Waals surface area contributed by atoms with E-state index in [1.54, 1.807) is 0 Å². The monoisotopic (exact) mass is 1040 g/mol. The Morgan fingerprint density at radius 3 is 1.86 bits per heavy atom. The van der Waals surface area contributed by atoms with E-state index in [1.165, 1.54) is 5.56 Å². The summed E-state index contributed by atoms with van der Waals surface area (Å²) >= 11 is 0. The van der Waals surface area contributed by atoms with E-state index in [-0.39, 0.29) is 21.1 Å². The first-order valence-electron chi connectivity index (χ1n) is 22.6. The van der Waals surface area contributed by atoms with Crippen molar-refractivity contribution in [1.82, 2.24) is 14.5 Å². The van der Waals surface area contributed by atoms with Crippen molar-refractivity contribution in [3.8, 4) is 89.7 Å². The van der Waals surface area contributed by atoms with Crippen LogP contribution in [-0.2, 0) is 21.1 Å². The summed E-state index contributed by atoms with van der Waals surface area (Å²) in [5.74, 6) is 0.463. The van der Waals surface area contributed by atoms with Gasteiger partial charge in [-0.3, -0.25) is 9.55 Å². The van der Waals surface area contributed by atoms with Crippen LogP contribution in [0.1, 0.15) is 43.4 Å². The second kappa shape index (κ2) is 18.8. The van der Waals surface area contributed by atoms with Crippen LogP contribution < -0.4 is 4.74 Å². The van der Waals surface area contributed by atoms with Gasteiger partial charge >= 0.3 is 21.1 Å². The minimum Gasteiger partial charge on any atom is -0.665 e. The van der Waals surface area contributed by atoms with Crippen LogP contribution in [0.25, 0.3) is 95.0 Å². The number of hydrogen-bond donors (Lipinski definition) is 0.